The minimum absolute atomic E-state index is 0.553. The van der Waals surface area contributed by atoms with Gasteiger partial charge in [-0.2, -0.15) is 0 Å². The molecule has 2 heteroatoms. The molecule has 0 aliphatic rings. The Bertz CT molecular complexity index is 1210. The predicted octanol–water partition coefficient (Wildman–Crippen LogP) is 7.15. The molecule has 0 saturated carbocycles. The van der Waals surface area contributed by atoms with Crippen molar-refractivity contribution in [2.75, 3.05) is 0 Å². The van der Waals surface area contributed by atoms with E-state index in [1.165, 1.54) is 21.5 Å². The van der Waals surface area contributed by atoms with Crippen molar-refractivity contribution in [3.8, 4) is 11.5 Å². The molecular weight excluding hydrogens is 356 g/mol. The first-order chi connectivity index (χ1) is 14.4. The molecule has 0 fully saturated rings. The summed E-state index contributed by atoms with van der Waals surface area (Å²) >= 11 is 0. The van der Waals surface area contributed by atoms with Crippen molar-refractivity contribution in [2.45, 2.75) is 6.29 Å². The first kappa shape index (κ1) is 17.3. The molecule has 0 aliphatic carbocycles. The number of fused-ring (bicyclic) bond motifs is 3. The van der Waals surface area contributed by atoms with Crippen molar-refractivity contribution in [3.63, 3.8) is 0 Å². The van der Waals surface area contributed by atoms with Crippen LogP contribution >= 0.6 is 0 Å². The van der Waals surface area contributed by atoms with E-state index in [0.717, 1.165) is 17.1 Å². The lowest BCUT2D eigenvalue weighted by Crippen LogP contribution is -2.15. The number of ether oxygens (including phenoxy) is 2. The van der Waals surface area contributed by atoms with Gasteiger partial charge in [-0.15, -0.1) is 0 Å². The smallest absolute Gasteiger partial charge is 0.267 e. The topological polar surface area (TPSA) is 18.5 Å². The molecule has 0 aliphatic heterocycles. The number of benzene rings is 5. The molecule has 140 valence electrons. The van der Waals surface area contributed by atoms with Crippen LogP contribution in [0, 0.1) is 0 Å². The Morgan fingerprint density at radius 2 is 0.966 bits per heavy atom. The van der Waals surface area contributed by atoms with Gasteiger partial charge >= 0.3 is 0 Å². The lowest BCUT2D eigenvalue weighted by molar-refractivity contribution is 0.00393. The second kappa shape index (κ2) is 7.69. The maximum Gasteiger partial charge on any atom is 0.267 e. The lowest BCUT2D eigenvalue weighted by Gasteiger charge is -2.21. The standard InChI is InChI=1S/C27H20O2/c1-3-10-23(11-4-1)28-27(29-24-12-5-2-6-13-24)22-18-17-21-16-15-20-9-7-8-14-25(20)26(21)19-22/h1-19,27H. The molecule has 0 bridgehead atoms. The Morgan fingerprint density at radius 3 is 1.62 bits per heavy atom. The number of hydrogen-bond donors (Lipinski definition) is 0. The monoisotopic (exact) mass is 376 g/mol. The largest absolute Gasteiger partial charge is 0.451 e. The van der Waals surface area contributed by atoms with E-state index in [2.05, 4.69) is 54.6 Å². The summed E-state index contributed by atoms with van der Waals surface area (Å²) < 4.78 is 12.5. The maximum atomic E-state index is 6.24. The average molecular weight is 376 g/mol. The SMILES string of the molecule is c1ccc(OC(Oc2ccccc2)c2ccc3ccc4ccccc4c3c2)cc1. The highest BCUT2D eigenvalue weighted by Gasteiger charge is 2.17. The van der Waals surface area contributed by atoms with E-state index in [4.69, 9.17) is 9.47 Å². The van der Waals surface area contributed by atoms with Gasteiger partial charge in [0.2, 0.25) is 0 Å². The van der Waals surface area contributed by atoms with Crippen LogP contribution in [0.1, 0.15) is 11.9 Å². The molecule has 29 heavy (non-hydrogen) atoms. The molecule has 5 rings (SSSR count). The van der Waals surface area contributed by atoms with Gasteiger partial charge in [0, 0.05) is 5.56 Å². The summed E-state index contributed by atoms with van der Waals surface area (Å²) in [7, 11) is 0. The summed E-state index contributed by atoms with van der Waals surface area (Å²) in [5.74, 6) is 1.54. The summed E-state index contributed by atoms with van der Waals surface area (Å²) in [4.78, 5) is 0. The van der Waals surface area contributed by atoms with Gasteiger partial charge in [0.25, 0.3) is 6.29 Å². The third-order valence-electron chi connectivity index (χ3n) is 5.02. The minimum atomic E-state index is -0.553. The summed E-state index contributed by atoms with van der Waals surface area (Å²) in [5.41, 5.74) is 0.974. The van der Waals surface area contributed by atoms with E-state index in [1.54, 1.807) is 0 Å². The Kier molecular flexibility index (Phi) is 4.59. The first-order valence-corrected chi connectivity index (χ1v) is 9.72. The van der Waals surface area contributed by atoms with Crippen molar-refractivity contribution in [1.29, 1.82) is 0 Å². The molecule has 5 aromatic carbocycles. The molecule has 0 spiro atoms. The van der Waals surface area contributed by atoms with Gasteiger partial charge in [0.05, 0.1) is 0 Å². The molecule has 0 radical (unpaired) electrons. The van der Waals surface area contributed by atoms with E-state index in [0.29, 0.717) is 0 Å². The fraction of sp³-hybridized carbons (Fsp3) is 0.0370. The van der Waals surface area contributed by atoms with E-state index in [9.17, 15) is 0 Å². The zero-order chi connectivity index (χ0) is 19.5. The fourth-order valence-electron chi connectivity index (χ4n) is 3.57. The molecular formula is C27H20O2. The van der Waals surface area contributed by atoms with Crippen LogP contribution in [0.15, 0.2) is 115 Å². The lowest BCUT2D eigenvalue weighted by atomic mass is 10.00. The average Bonchev–Trinajstić information content (AvgIpc) is 2.79. The molecule has 0 atom stereocenters. The molecule has 0 saturated heterocycles. The molecule has 0 heterocycles. The quantitative estimate of drug-likeness (QED) is 0.239. The van der Waals surface area contributed by atoms with Crippen molar-refractivity contribution < 1.29 is 9.47 Å². The zero-order valence-corrected chi connectivity index (χ0v) is 15.9. The van der Waals surface area contributed by atoms with Crippen molar-refractivity contribution in [1.82, 2.24) is 0 Å². The van der Waals surface area contributed by atoms with Crippen molar-refractivity contribution in [3.05, 3.63) is 121 Å². The summed E-state index contributed by atoms with van der Waals surface area (Å²) in [6.07, 6.45) is -0.553. The first-order valence-electron chi connectivity index (χ1n) is 9.72. The van der Waals surface area contributed by atoms with E-state index in [-0.39, 0.29) is 0 Å². The number of rotatable bonds is 5. The summed E-state index contributed by atoms with van der Waals surface area (Å²) in [6, 6.07) is 38.7. The van der Waals surface area contributed by atoms with Crippen LogP contribution in [0.2, 0.25) is 0 Å². The Balaban J connectivity index is 1.60. The third kappa shape index (κ3) is 3.65. The normalized spacial score (nSPS) is 11.1. The van der Waals surface area contributed by atoms with Gasteiger partial charge in [-0.05, 0) is 51.9 Å². The van der Waals surface area contributed by atoms with Gasteiger partial charge in [0.15, 0.2) is 0 Å². The van der Waals surface area contributed by atoms with Gasteiger partial charge in [-0.3, -0.25) is 0 Å². The molecule has 0 aromatic heterocycles. The summed E-state index contributed by atoms with van der Waals surface area (Å²) in [5, 5.41) is 4.84. The van der Waals surface area contributed by atoms with Crippen LogP contribution in [-0.4, -0.2) is 0 Å². The second-order valence-electron chi connectivity index (χ2n) is 6.96. The van der Waals surface area contributed by atoms with Gasteiger partial charge in [-0.25, -0.2) is 0 Å². The van der Waals surface area contributed by atoms with Crippen molar-refractivity contribution >= 4 is 21.5 Å². The van der Waals surface area contributed by atoms with E-state index >= 15 is 0 Å². The van der Waals surface area contributed by atoms with E-state index in [1.807, 2.05) is 60.7 Å². The van der Waals surface area contributed by atoms with Crippen LogP contribution in [0.3, 0.4) is 0 Å². The van der Waals surface area contributed by atoms with Crippen LogP contribution in [0.4, 0.5) is 0 Å². The molecule has 2 nitrogen and oxygen atoms in total. The Hall–Kier alpha value is -3.78. The number of hydrogen-bond acceptors (Lipinski definition) is 2. The highest BCUT2D eigenvalue weighted by atomic mass is 16.7. The zero-order valence-electron chi connectivity index (χ0n) is 15.9. The highest BCUT2D eigenvalue weighted by Crippen LogP contribution is 2.31. The van der Waals surface area contributed by atoms with E-state index < -0.39 is 6.29 Å². The molecule has 0 unspecified atom stereocenters. The minimum Gasteiger partial charge on any atom is -0.451 e. The van der Waals surface area contributed by atoms with Crippen LogP contribution in [-0.2, 0) is 0 Å². The summed E-state index contributed by atoms with van der Waals surface area (Å²) in [6.45, 7) is 0. The van der Waals surface area contributed by atoms with Crippen molar-refractivity contribution in [2.24, 2.45) is 0 Å². The maximum absolute atomic E-state index is 6.24. The third-order valence-corrected chi connectivity index (χ3v) is 5.02. The Labute approximate surface area is 170 Å². The Morgan fingerprint density at radius 1 is 0.448 bits per heavy atom. The van der Waals surface area contributed by atoms with Crippen LogP contribution < -0.4 is 9.47 Å². The van der Waals surface area contributed by atoms with Gasteiger partial charge in [0.1, 0.15) is 11.5 Å². The molecule has 0 N–H and O–H groups in total. The van der Waals surface area contributed by atoms with Gasteiger partial charge in [-0.1, -0.05) is 84.9 Å². The second-order valence-corrected chi connectivity index (χ2v) is 6.96. The fourth-order valence-corrected chi connectivity index (χ4v) is 3.57. The molecule has 5 aromatic rings. The van der Waals surface area contributed by atoms with Crippen LogP contribution in [0.5, 0.6) is 11.5 Å². The highest BCUT2D eigenvalue weighted by molar-refractivity contribution is 6.07. The van der Waals surface area contributed by atoms with Gasteiger partial charge < -0.3 is 9.47 Å². The predicted molar refractivity (Wildman–Crippen MR) is 118 cm³/mol. The number of para-hydroxylation sites is 2. The van der Waals surface area contributed by atoms with Crippen LogP contribution in [0.25, 0.3) is 21.5 Å². The molecule has 0 amide bonds.